The Labute approximate surface area is 374 Å². The van der Waals surface area contributed by atoms with Gasteiger partial charge in [0.15, 0.2) is 0 Å². The highest BCUT2D eigenvalue weighted by molar-refractivity contribution is 7.26. The van der Waals surface area contributed by atoms with Crippen molar-refractivity contribution in [3.63, 3.8) is 0 Å². The average Bonchev–Trinajstić information content (AvgIpc) is 3.61. The van der Waals surface area contributed by atoms with Crippen LogP contribution >= 0.6 is 11.3 Å². The summed E-state index contributed by atoms with van der Waals surface area (Å²) < 4.78 is 2.67. The number of fused-ring (bicyclic) bond motifs is 7. The minimum absolute atomic E-state index is 0.0120. The maximum Gasteiger partial charge on any atom is 0.252 e. The summed E-state index contributed by atoms with van der Waals surface area (Å²) in [6, 6.07) is 54.1. The molecule has 10 rings (SSSR count). The fourth-order valence-electron chi connectivity index (χ4n) is 9.83. The molecule has 0 spiro atoms. The van der Waals surface area contributed by atoms with E-state index in [-0.39, 0.29) is 28.4 Å². The summed E-state index contributed by atoms with van der Waals surface area (Å²) in [5, 5.41) is 2.65. The molecule has 0 saturated heterocycles. The largest absolute Gasteiger partial charge is 0.311 e. The van der Waals surface area contributed by atoms with Crippen molar-refractivity contribution in [1.82, 2.24) is 0 Å². The molecule has 0 amide bonds. The Hall–Kier alpha value is -5.58. The maximum atomic E-state index is 2.60. The van der Waals surface area contributed by atoms with Crippen LogP contribution in [0.5, 0.6) is 0 Å². The molecule has 310 valence electrons. The molecule has 62 heavy (non-hydrogen) atoms. The van der Waals surface area contributed by atoms with Crippen LogP contribution in [0.2, 0.25) is 0 Å². The summed E-state index contributed by atoms with van der Waals surface area (Å²) in [5.74, 6) is 0. The molecule has 7 aromatic carbocycles. The van der Waals surface area contributed by atoms with Gasteiger partial charge in [-0.2, -0.15) is 0 Å². The van der Waals surface area contributed by atoms with Gasteiger partial charge in [-0.1, -0.05) is 168 Å². The van der Waals surface area contributed by atoms with E-state index in [1.807, 2.05) is 11.3 Å². The Morgan fingerprint density at radius 1 is 0.403 bits per heavy atom. The highest BCUT2D eigenvalue weighted by Gasteiger charge is 2.45. The van der Waals surface area contributed by atoms with Crippen molar-refractivity contribution in [2.75, 3.05) is 9.80 Å². The van der Waals surface area contributed by atoms with E-state index in [9.17, 15) is 0 Å². The average molecular weight is 827 g/mol. The van der Waals surface area contributed by atoms with Gasteiger partial charge in [0, 0.05) is 54.3 Å². The van der Waals surface area contributed by atoms with Gasteiger partial charge >= 0.3 is 0 Å². The van der Waals surface area contributed by atoms with Gasteiger partial charge in [0.1, 0.15) is 0 Å². The third-order valence-corrected chi connectivity index (χ3v) is 14.7. The second kappa shape index (κ2) is 14.0. The van der Waals surface area contributed by atoms with Crippen LogP contribution in [0.25, 0.3) is 31.3 Å². The number of benzene rings is 7. The van der Waals surface area contributed by atoms with Crippen molar-refractivity contribution in [2.24, 2.45) is 0 Å². The lowest BCUT2D eigenvalue weighted by Gasteiger charge is -2.45. The van der Waals surface area contributed by atoms with E-state index in [0.29, 0.717) is 0 Å². The fourth-order valence-corrected chi connectivity index (χ4v) is 11.1. The van der Waals surface area contributed by atoms with Crippen LogP contribution in [-0.4, -0.2) is 6.71 Å². The molecule has 0 atom stereocenters. The predicted octanol–water partition coefficient (Wildman–Crippen LogP) is 15.0. The lowest BCUT2D eigenvalue weighted by molar-refractivity contribution is 0.589. The zero-order valence-electron chi connectivity index (χ0n) is 38.7. The first-order chi connectivity index (χ1) is 29.3. The minimum atomic E-state index is -0.0974. The number of anilines is 6. The molecule has 2 aliphatic rings. The van der Waals surface area contributed by atoms with Gasteiger partial charge in [0.25, 0.3) is 6.71 Å². The Morgan fingerprint density at radius 3 is 1.50 bits per heavy atom. The van der Waals surface area contributed by atoms with E-state index in [4.69, 9.17) is 0 Å². The summed E-state index contributed by atoms with van der Waals surface area (Å²) in [6.07, 6.45) is 0. The molecular weight excluding hydrogens is 768 g/mol. The third-order valence-electron chi connectivity index (χ3n) is 13.5. The quantitative estimate of drug-likeness (QED) is 0.164. The standard InChI is InChI=1S/C58H59BN2S/c1-55(2,3)37-23-27-41(28-24-37)60-48-29-25-38(56(4,5)6)32-46(48)59-47-33-39(57(7,8)9)26-30-49(47)61(51-35-40(58(10,11)12)34-50(60)53(51)59)42-18-15-17-36(31-42)43-20-16-21-45-44-19-13-14-22-52(44)62-54(43)45/h13-35H,1-12H3. The minimum Gasteiger partial charge on any atom is -0.311 e. The molecule has 0 saturated carbocycles. The number of hydrogen-bond acceptors (Lipinski definition) is 3. The lowest BCUT2D eigenvalue weighted by atomic mass is 9.33. The van der Waals surface area contributed by atoms with Crippen LogP contribution in [0, 0.1) is 0 Å². The number of hydrogen-bond donors (Lipinski definition) is 0. The van der Waals surface area contributed by atoms with Gasteiger partial charge < -0.3 is 9.80 Å². The molecule has 8 aromatic rings. The molecule has 0 aliphatic carbocycles. The zero-order chi connectivity index (χ0) is 43.7. The van der Waals surface area contributed by atoms with Gasteiger partial charge in [-0.3, -0.25) is 0 Å². The first-order valence-corrected chi connectivity index (χ1v) is 23.3. The predicted molar refractivity (Wildman–Crippen MR) is 274 cm³/mol. The van der Waals surface area contributed by atoms with Crippen LogP contribution < -0.4 is 26.2 Å². The summed E-state index contributed by atoms with van der Waals surface area (Å²) >= 11 is 1.90. The third kappa shape index (κ3) is 6.60. The van der Waals surface area contributed by atoms with Gasteiger partial charge in [-0.25, -0.2) is 0 Å². The summed E-state index contributed by atoms with van der Waals surface area (Å²) in [6.45, 7) is 28.1. The number of nitrogens with zero attached hydrogens (tertiary/aromatic N) is 2. The van der Waals surface area contributed by atoms with Crippen molar-refractivity contribution >= 4 is 88.7 Å². The Balaban J connectivity index is 1.28. The van der Waals surface area contributed by atoms with Crippen molar-refractivity contribution in [1.29, 1.82) is 0 Å². The van der Waals surface area contributed by atoms with Gasteiger partial charge in [0.2, 0.25) is 0 Å². The Kier molecular flexibility index (Phi) is 9.12. The Morgan fingerprint density at radius 2 is 0.919 bits per heavy atom. The fraction of sp³-hybridized carbons (Fsp3) is 0.276. The first kappa shape index (κ1) is 40.5. The molecule has 0 N–H and O–H groups in total. The van der Waals surface area contributed by atoms with E-state index >= 15 is 0 Å². The first-order valence-electron chi connectivity index (χ1n) is 22.5. The van der Waals surface area contributed by atoms with Crippen LogP contribution in [0.4, 0.5) is 34.1 Å². The van der Waals surface area contributed by atoms with Gasteiger partial charge in [-0.05, 0) is 126 Å². The molecule has 0 unspecified atom stereocenters. The van der Waals surface area contributed by atoms with E-state index in [2.05, 4.69) is 232 Å². The summed E-state index contributed by atoms with van der Waals surface area (Å²) in [7, 11) is 0. The summed E-state index contributed by atoms with van der Waals surface area (Å²) in [5.41, 5.74) is 19.3. The molecule has 2 aliphatic heterocycles. The molecule has 0 radical (unpaired) electrons. The Bertz CT molecular complexity index is 3070. The maximum absolute atomic E-state index is 2.60. The molecular formula is C58H59BN2S. The summed E-state index contributed by atoms with van der Waals surface area (Å²) in [4.78, 5) is 5.18. The smallest absolute Gasteiger partial charge is 0.252 e. The van der Waals surface area contributed by atoms with E-state index in [1.54, 1.807) is 0 Å². The molecule has 0 bridgehead atoms. The highest BCUT2D eigenvalue weighted by Crippen LogP contribution is 2.48. The van der Waals surface area contributed by atoms with Crippen molar-refractivity contribution in [2.45, 2.75) is 105 Å². The second-order valence-electron chi connectivity index (χ2n) is 22.0. The number of rotatable bonds is 3. The monoisotopic (exact) mass is 826 g/mol. The SMILES string of the molecule is CC(C)(C)c1ccc(N2c3ccc(C(C)(C)C)cc3B3c4cc(C(C)(C)C)ccc4N(c4cccc(-c5cccc6c5sc5ccccc56)c4)c4cc(C(C)(C)C)cc2c43)cc1. The van der Waals surface area contributed by atoms with Crippen molar-refractivity contribution < 1.29 is 0 Å². The topological polar surface area (TPSA) is 6.48 Å². The van der Waals surface area contributed by atoms with Crippen LogP contribution in [0.1, 0.15) is 105 Å². The van der Waals surface area contributed by atoms with Crippen molar-refractivity contribution in [3.8, 4) is 11.1 Å². The van der Waals surface area contributed by atoms with Crippen LogP contribution in [-0.2, 0) is 21.7 Å². The molecule has 0 fully saturated rings. The molecule has 3 heterocycles. The van der Waals surface area contributed by atoms with Gasteiger partial charge in [-0.15, -0.1) is 11.3 Å². The normalized spacial score (nSPS) is 14.0. The molecule has 4 heteroatoms. The molecule has 2 nitrogen and oxygen atoms in total. The van der Waals surface area contributed by atoms with Crippen LogP contribution in [0.3, 0.4) is 0 Å². The number of thiophene rings is 1. The van der Waals surface area contributed by atoms with Gasteiger partial charge in [0.05, 0.1) is 0 Å². The van der Waals surface area contributed by atoms with E-state index in [1.165, 1.54) is 104 Å². The van der Waals surface area contributed by atoms with E-state index in [0.717, 1.165) is 0 Å². The second-order valence-corrected chi connectivity index (χ2v) is 23.0. The van der Waals surface area contributed by atoms with Crippen molar-refractivity contribution in [3.05, 3.63) is 162 Å². The molecule has 1 aromatic heterocycles. The highest BCUT2D eigenvalue weighted by atomic mass is 32.1. The lowest BCUT2D eigenvalue weighted by Crippen LogP contribution is -2.61. The van der Waals surface area contributed by atoms with E-state index < -0.39 is 0 Å². The zero-order valence-corrected chi connectivity index (χ0v) is 39.5. The van der Waals surface area contributed by atoms with Crippen LogP contribution in [0.15, 0.2) is 140 Å².